The maximum absolute atomic E-state index is 11.2. The summed E-state index contributed by atoms with van der Waals surface area (Å²) in [6, 6.07) is 7.45. The molecule has 0 spiro atoms. The van der Waals surface area contributed by atoms with Crippen LogP contribution in [0.3, 0.4) is 0 Å². The summed E-state index contributed by atoms with van der Waals surface area (Å²) in [5, 5.41) is 30.7. The summed E-state index contributed by atoms with van der Waals surface area (Å²) in [6.45, 7) is 9.59. The Morgan fingerprint density at radius 1 is 0.683 bits per heavy atom. The molecule has 9 N–H and O–H groups in total. The van der Waals surface area contributed by atoms with E-state index in [1.807, 2.05) is 26.0 Å². The van der Waals surface area contributed by atoms with Gasteiger partial charge in [0, 0.05) is 87.7 Å². The van der Waals surface area contributed by atoms with Crippen molar-refractivity contribution in [3.63, 3.8) is 0 Å². The van der Waals surface area contributed by atoms with Crippen LogP contribution in [0.25, 0.3) is 0 Å². The highest BCUT2D eigenvalue weighted by atomic mass is 31.2. The maximum atomic E-state index is 11.2. The van der Waals surface area contributed by atoms with Crippen LogP contribution in [0.5, 0.6) is 11.5 Å². The summed E-state index contributed by atoms with van der Waals surface area (Å²) in [5.74, 6) is 0.228. The zero-order valence-corrected chi connectivity index (χ0v) is 25.4. The lowest BCUT2D eigenvalue weighted by atomic mass is 10.0. The summed E-state index contributed by atoms with van der Waals surface area (Å²) in [5.41, 5.74) is 4.53. The fourth-order valence-corrected chi connectivity index (χ4v) is 5.76. The van der Waals surface area contributed by atoms with E-state index in [2.05, 4.69) is 25.8 Å². The molecule has 1 heterocycles. The lowest BCUT2D eigenvalue weighted by Gasteiger charge is -2.27. The molecule has 3 rings (SSSR count). The van der Waals surface area contributed by atoms with Crippen molar-refractivity contribution < 1.29 is 38.9 Å². The van der Waals surface area contributed by atoms with E-state index < -0.39 is 27.8 Å². The first-order valence-corrected chi connectivity index (χ1v) is 17.1. The number of phenols is 2. The Hall–Kier alpha value is -1.86. The molecule has 0 bridgehead atoms. The first-order valence-electron chi connectivity index (χ1n) is 13.5. The largest absolute Gasteiger partial charge is 0.507 e. The first kappa shape index (κ1) is 33.6. The molecule has 0 unspecified atom stereocenters. The molecule has 0 aromatic heterocycles. The molecule has 0 saturated carbocycles. The minimum absolute atomic E-state index is 0.114. The van der Waals surface area contributed by atoms with E-state index in [9.17, 15) is 19.3 Å². The van der Waals surface area contributed by atoms with E-state index in [0.29, 0.717) is 37.3 Å². The zero-order valence-electron chi connectivity index (χ0n) is 23.6. The van der Waals surface area contributed by atoms with Crippen LogP contribution in [0.15, 0.2) is 24.3 Å². The van der Waals surface area contributed by atoms with Gasteiger partial charge < -0.3 is 45.7 Å². The maximum Gasteiger partial charge on any atom is 0.339 e. The van der Waals surface area contributed by atoms with Gasteiger partial charge in [-0.05, 0) is 13.8 Å². The monoisotopic (exact) mass is 615 g/mol. The highest BCUT2D eigenvalue weighted by Gasteiger charge is 2.19. The summed E-state index contributed by atoms with van der Waals surface area (Å²) in [4.78, 5) is 40.9. The Balaban J connectivity index is 1.68. The second-order valence-electron chi connectivity index (χ2n) is 10.7. The minimum Gasteiger partial charge on any atom is -0.507 e. The third-order valence-corrected chi connectivity index (χ3v) is 8.09. The fraction of sp³-hybridized carbons (Fsp3) is 0.538. The van der Waals surface area contributed by atoms with Crippen molar-refractivity contribution in [3.05, 3.63) is 57.6 Å². The van der Waals surface area contributed by atoms with E-state index >= 15 is 0 Å². The lowest BCUT2D eigenvalue weighted by Crippen LogP contribution is -2.35. The Bertz CT molecular complexity index is 1170. The third-order valence-electron chi connectivity index (χ3n) is 6.82. The van der Waals surface area contributed by atoms with Gasteiger partial charge in [-0.2, -0.15) is 0 Å². The second-order valence-corrected chi connectivity index (χ2v) is 14.0. The van der Waals surface area contributed by atoms with Crippen LogP contribution in [0.4, 0.5) is 0 Å². The van der Waals surface area contributed by atoms with Crippen molar-refractivity contribution in [1.29, 1.82) is 0 Å². The highest BCUT2D eigenvalue weighted by molar-refractivity contribution is 7.51. The average Bonchev–Trinajstić information content (AvgIpc) is 2.95. The Labute approximate surface area is 240 Å². The van der Waals surface area contributed by atoms with Crippen molar-refractivity contribution >= 4 is 15.2 Å². The normalized spacial score (nSPS) is 16.3. The number of hydrogen-bond donors (Lipinski definition) is 9. The van der Waals surface area contributed by atoms with Crippen molar-refractivity contribution in [2.75, 3.05) is 51.8 Å². The molecule has 1 aliphatic rings. The van der Waals surface area contributed by atoms with E-state index in [4.69, 9.17) is 19.6 Å². The molecule has 15 heteroatoms. The molecule has 2 aromatic rings. The van der Waals surface area contributed by atoms with E-state index in [-0.39, 0.29) is 24.6 Å². The molecule has 1 fully saturated rings. The number of hydrogen-bond acceptors (Lipinski definition) is 9. The zero-order chi connectivity index (χ0) is 30.2. The molecule has 1 saturated heterocycles. The number of aryl methyl sites for hydroxylation is 2. The predicted octanol–water partition coefficient (Wildman–Crippen LogP) is 1.07. The fourth-order valence-electron chi connectivity index (χ4n) is 4.96. The van der Waals surface area contributed by atoms with Gasteiger partial charge in [0.05, 0.1) is 12.6 Å². The van der Waals surface area contributed by atoms with Gasteiger partial charge in [-0.3, -0.25) is 18.9 Å². The van der Waals surface area contributed by atoms with Crippen molar-refractivity contribution in [1.82, 2.24) is 25.8 Å². The van der Waals surface area contributed by atoms with Gasteiger partial charge in [0.15, 0.2) is 0 Å². The Kier molecular flexibility index (Phi) is 12.3. The average molecular weight is 616 g/mol. The number of nitrogens with zero attached hydrogens (tertiary/aromatic N) is 2. The van der Waals surface area contributed by atoms with Gasteiger partial charge >= 0.3 is 15.2 Å². The Morgan fingerprint density at radius 3 is 1.41 bits per heavy atom. The van der Waals surface area contributed by atoms with Gasteiger partial charge in [0.2, 0.25) is 0 Å². The number of phenolic OH excluding ortho intramolecular Hbond substituents is 2. The summed E-state index contributed by atoms with van der Waals surface area (Å²) in [6.07, 6.45) is -0.934. The molecule has 0 radical (unpaired) electrons. The highest BCUT2D eigenvalue weighted by Crippen LogP contribution is 2.34. The number of aromatic hydroxyl groups is 2. The van der Waals surface area contributed by atoms with Crippen LogP contribution in [-0.2, 0) is 35.3 Å². The molecule has 13 nitrogen and oxygen atoms in total. The minimum atomic E-state index is -4.19. The van der Waals surface area contributed by atoms with Gasteiger partial charge in [0.1, 0.15) is 11.5 Å². The van der Waals surface area contributed by atoms with Crippen LogP contribution in [0.1, 0.15) is 33.4 Å². The summed E-state index contributed by atoms with van der Waals surface area (Å²) < 4.78 is 22.3. The van der Waals surface area contributed by atoms with Crippen LogP contribution in [0.2, 0.25) is 0 Å². The summed E-state index contributed by atoms with van der Waals surface area (Å²) >= 11 is 0. The van der Waals surface area contributed by atoms with Gasteiger partial charge in [-0.1, -0.05) is 35.4 Å². The topological polar surface area (TPSA) is 198 Å². The van der Waals surface area contributed by atoms with Crippen molar-refractivity contribution in [2.24, 2.45) is 0 Å². The molecular weight excluding hydrogens is 572 g/mol. The predicted molar refractivity (Wildman–Crippen MR) is 157 cm³/mol. The molecule has 0 atom stereocenters. The molecule has 1 aliphatic heterocycles. The SMILES string of the molecule is Cc1cc(CNCP(=O)(O)O)c(O)c(CN2CCNCCN(Cc3cc(C)cc(CNCP(=O)(O)O)c3O)CC2)c1. The third kappa shape index (κ3) is 11.7. The van der Waals surface area contributed by atoms with E-state index in [1.165, 1.54) is 0 Å². The van der Waals surface area contributed by atoms with Crippen molar-refractivity contribution in [2.45, 2.75) is 40.0 Å². The standard InChI is InChI=1S/C26H43N5O8P2/c1-19-9-21(13-28-17-40(34,35)36)25(32)23(11-19)15-30-5-3-27-4-6-31(8-7-30)16-24-12-20(2)10-22(26(24)33)14-29-18-41(37,38)39/h9-12,27-29,32-33H,3-8,13-18H2,1-2H3,(H2,34,35,36)(H2,37,38,39). The van der Waals surface area contributed by atoms with Gasteiger partial charge in [-0.25, -0.2) is 0 Å². The van der Waals surface area contributed by atoms with Crippen LogP contribution < -0.4 is 16.0 Å². The second kappa shape index (κ2) is 15.0. The summed E-state index contributed by atoms with van der Waals surface area (Å²) in [7, 11) is -8.39. The number of benzene rings is 2. The molecular formula is C26H43N5O8P2. The molecule has 41 heavy (non-hydrogen) atoms. The Morgan fingerprint density at radius 2 is 1.05 bits per heavy atom. The number of nitrogens with one attached hydrogen (secondary N) is 3. The van der Waals surface area contributed by atoms with E-state index in [1.54, 1.807) is 12.1 Å². The molecule has 0 aliphatic carbocycles. The van der Waals surface area contributed by atoms with Crippen LogP contribution in [-0.4, -0.2) is 91.4 Å². The lowest BCUT2D eigenvalue weighted by molar-refractivity contribution is 0.206. The van der Waals surface area contributed by atoms with Crippen molar-refractivity contribution in [3.8, 4) is 11.5 Å². The molecule has 0 amide bonds. The van der Waals surface area contributed by atoms with E-state index in [0.717, 1.165) is 48.4 Å². The number of rotatable bonds is 12. The van der Waals surface area contributed by atoms with Gasteiger partial charge in [-0.15, -0.1) is 0 Å². The quantitative estimate of drug-likeness (QED) is 0.154. The van der Waals surface area contributed by atoms with Gasteiger partial charge in [0.25, 0.3) is 0 Å². The molecule has 230 valence electrons. The smallest absolute Gasteiger partial charge is 0.339 e. The van der Waals surface area contributed by atoms with Crippen LogP contribution in [0, 0.1) is 13.8 Å². The molecule has 2 aromatic carbocycles. The van der Waals surface area contributed by atoms with Crippen LogP contribution >= 0.6 is 15.2 Å². The first-order chi connectivity index (χ1) is 19.2.